The van der Waals surface area contributed by atoms with Gasteiger partial charge in [-0.2, -0.15) is 0 Å². The van der Waals surface area contributed by atoms with Crippen LogP contribution in [0.3, 0.4) is 0 Å². The molecular weight excluding hydrogens is 340 g/mol. The average Bonchev–Trinajstić information content (AvgIpc) is 3.35. The second-order valence-electron chi connectivity index (χ2n) is 5.49. The van der Waals surface area contributed by atoms with Crippen molar-refractivity contribution in [3.63, 3.8) is 0 Å². The van der Waals surface area contributed by atoms with Crippen LogP contribution in [0.15, 0.2) is 29.2 Å². The lowest BCUT2D eigenvalue weighted by atomic mass is 10.1. The van der Waals surface area contributed by atoms with Gasteiger partial charge < -0.3 is 15.8 Å². The van der Waals surface area contributed by atoms with E-state index in [1.54, 1.807) is 0 Å². The number of nitrogens with one attached hydrogen (secondary N) is 1. The Hall–Kier alpha value is -1.15. The lowest BCUT2D eigenvalue weighted by Gasteiger charge is -2.16. The topological polar surface area (TPSA) is 98.5 Å². The van der Waals surface area contributed by atoms with Crippen molar-refractivity contribution >= 4 is 28.2 Å². The fourth-order valence-electron chi connectivity index (χ4n) is 2.24. The molecule has 1 aromatic carbocycles. The van der Waals surface area contributed by atoms with Gasteiger partial charge in [-0.05, 0) is 43.0 Å². The van der Waals surface area contributed by atoms with E-state index in [0.717, 1.165) is 12.8 Å². The number of amides is 1. The highest BCUT2D eigenvalue weighted by molar-refractivity contribution is 7.91. The summed E-state index contributed by atoms with van der Waals surface area (Å²) in [4.78, 5) is 12.3. The molecule has 1 saturated carbocycles. The van der Waals surface area contributed by atoms with Crippen LogP contribution in [0, 0.1) is 5.92 Å². The van der Waals surface area contributed by atoms with Crippen LogP contribution in [0.4, 0.5) is 0 Å². The quantitative estimate of drug-likeness (QED) is 0.718. The molecule has 0 aromatic heterocycles. The first-order chi connectivity index (χ1) is 10.5. The summed E-state index contributed by atoms with van der Waals surface area (Å²) in [5, 5.41) is 2.90. The molecule has 1 aromatic rings. The van der Waals surface area contributed by atoms with Crippen LogP contribution in [0.1, 0.15) is 23.2 Å². The van der Waals surface area contributed by atoms with Crippen molar-refractivity contribution < 1.29 is 17.9 Å². The Kier molecular flexibility index (Phi) is 7.47. The van der Waals surface area contributed by atoms with Gasteiger partial charge in [-0.25, -0.2) is 8.42 Å². The number of rotatable bonds is 8. The Bertz CT molecular complexity index is 615. The van der Waals surface area contributed by atoms with E-state index in [0.29, 0.717) is 18.0 Å². The van der Waals surface area contributed by atoms with E-state index in [4.69, 9.17) is 10.5 Å². The van der Waals surface area contributed by atoms with Gasteiger partial charge in [0.15, 0.2) is 9.84 Å². The number of hydrogen-bond donors (Lipinski definition) is 2. The molecular formula is C15H23ClN2O4S. The van der Waals surface area contributed by atoms with Crippen LogP contribution in [-0.4, -0.2) is 46.4 Å². The molecule has 0 bridgehead atoms. The molecule has 3 N–H and O–H groups in total. The monoisotopic (exact) mass is 362 g/mol. The minimum absolute atomic E-state index is 0. The molecule has 1 aliphatic rings. The Balaban J connectivity index is 0.00000264. The van der Waals surface area contributed by atoms with Gasteiger partial charge in [0, 0.05) is 25.3 Å². The molecule has 1 unspecified atom stereocenters. The Morgan fingerprint density at radius 3 is 2.43 bits per heavy atom. The third-order valence-electron chi connectivity index (χ3n) is 3.79. The number of sulfone groups is 1. The first kappa shape index (κ1) is 19.9. The molecule has 130 valence electrons. The summed E-state index contributed by atoms with van der Waals surface area (Å²) in [5.41, 5.74) is 6.10. The lowest BCUT2D eigenvalue weighted by molar-refractivity contribution is 0.0933. The van der Waals surface area contributed by atoms with Crippen molar-refractivity contribution in [3.8, 4) is 0 Å². The first-order valence-corrected chi connectivity index (χ1v) is 8.96. The van der Waals surface area contributed by atoms with Crippen molar-refractivity contribution in [1.82, 2.24) is 5.32 Å². The maximum absolute atomic E-state index is 12.1. The number of halogens is 1. The second kappa shape index (κ2) is 8.63. The van der Waals surface area contributed by atoms with Gasteiger partial charge >= 0.3 is 0 Å². The highest BCUT2D eigenvalue weighted by Gasteiger charge is 2.31. The molecule has 1 fully saturated rings. The van der Waals surface area contributed by atoms with E-state index in [1.807, 2.05) is 0 Å². The number of carbonyl (C=O) groups excluding carboxylic acids is 1. The predicted octanol–water partition coefficient (Wildman–Crippen LogP) is 0.996. The lowest BCUT2D eigenvalue weighted by Crippen LogP contribution is -2.41. The smallest absolute Gasteiger partial charge is 0.251 e. The summed E-state index contributed by atoms with van der Waals surface area (Å²) in [7, 11) is -1.92. The highest BCUT2D eigenvalue weighted by Crippen LogP contribution is 2.32. The zero-order valence-corrected chi connectivity index (χ0v) is 14.7. The van der Waals surface area contributed by atoms with Crippen LogP contribution in [0.25, 0.3) is 0 Å². The van der Waals surface area contributed by atoms with Gasteiger partial charge in [0.2, 0.25) is 0 Å². The molecule has 6 nitrogen and oxygen atoms in total. The Morgan fingerprint density at radius 1 is 1.35 bits per heavy atom. The van der Waals surface area contributed by atoms with Crippen LogP contribution in [0.5, 0.6) is 0 Å². The number of methoxy groups -OCH3 is 1. The molecule has 0 heterocycles. The van der Waals surface area contributed by atoms with E-state index in [2.05, 4.69) is 5.32 Å². The van der Waals surface area contributed by atoms with E-state index in [9.17, 15) is 13.2 Å². The molecule has 23 heavy (non-hydrogen) atoms. The van der Waals surface area contributed by atoms with E-state index < -0.39 is 9.84 Å². The molecule has 0 aliphatic heterocycles. The average molecular weight is 363 g/mol. The number of nitrogens with two attached hydrogens (primary N) is 1. The Labute approximate surface area is 143 Å². The van der Waals surface area contributed by atoms with Gasteiger partial charge in [-0.3, -0.25) is 4.79 Å². The predicted molar refractivity (Wildman–Crippen MR) is 90.7 cm³/mol. The van der Waals surface area contributed by atoms with Gasteiger partial charge in [0.25, 0.3) is 5.91 Å². The van der Waals surface area contributed by atoms with Gasteiger partial charge in [0.05, 0.1) is 17.3 Å². The van der Waals surface area contributed by atoms with E-state index in [-0.39, 0.29) is 41.6 Å². The number of carbonyl (C=O) groups is 1. The normalized spacial score (nSPS) is 15.6. The van der Waals surface area contributed by atoms with E-state index >= 15 is 0 Å². The van der Waals surface area contributed by atoms with E-state index in [1.165, 1.54) is 31.4 Å². The summed E-state index contributed by atoms with van der Waals surface area (Å²) in [6.07, 6.45) is 2.19. The molecule has 0 saturated heterocycles. The van der Waals surface area contributed by atoms with Crippen LogP contribution >= 0.6 is 12.4 Å². The van der Waals surface area contributed by atoms with Crippen LogP contribution < -0.4 is 11.1 Å². The van der Waals surface area contributed by atoms with Gasteiger partial charge in [-0.1, -0.05) is 0 Å². The number of hydrogen-bond acceptors (Lipinski definition) is 5. The molecule has 1 atom stereocenters. The molecule has 2 rings (SSSR count). The maximum Gasteiger partial charge on any atom is 0.251 e. The fourth-order valence-corrected chi connectivity index (χ4v) is 3.42. The highest BCUT2D eigenvalue weighted by atomic mass is 35.5. The fraction of sp³-hybridized carbons (Fsp3) is 0.533. The second-order valence-corrected chi connectivity index (χ2v) is 7.60. The minimum atomic E-state index is -3.37. The SMILES string of the molecule is COCCS(=O)(=O)c1ccc(C(=O)NC(CN)C2CC2)cc1.Cl. The zero-order chi connectivity index (χ0) is 16.2. The number of benzene rings is 1. The third kappa shape index (κ3) is 5.46. The largest absolute Gasteiger partial charge is 0.384 e. The molecule has 1 amide bonds. The van der Waals surface area contributed by atoms with Gasteiger partial charge in [0.1, 0.15) is 0 Å². The summed E-state index contributed by atoms with van der Waals surface area (Å²) in [6, 6.07) is 5.95. The summed E-state index contributed by atoms with van der Waals surface area (Å²) >= 11 is 0. The number of ether oxygens (including phenoxy) is 1. The summed E-state index contributed by atoms with van der Waals surface area (Å²) in [6.45, 7) is 0.560. The summed E-state index contributed by atoms with van der Waals surface area (Å²) in [5.74, 6) is 0.178. The first-order valence-electron chi connectivity index (χ1n) is 7.30. The standard InChI is InChI=1S/C15H22N2O4S.ClH/c1-21-8-9-22(19,20)13-6-4-12(5-7-13)15(18)17-14(10-16)11-2-3-11;/h4-7,11,14H,2-3,8-10,16H2,1H3,(H,17,18);1H. The minimum Gasteiger partial charge on any atom is -0.384 e. The molecule has 0 radical (unpaired) electrons. The zero-order valence-electron chi connectivity index (χ0n) is 13.0. The molecule has 0 spiro atoms. The van der Waals surface area contributed by atoms with Crippen molar-refractivity contribution in [1.29, 1.82) is 0 Å². The van der Waals surface area contributed by atoms with Crippen molar-refractivity contribution in [2.24, 2.45) is 11.7 Å². The summed E-state index contributed by atoms with van der Waals surface area (Å²) < 4.78 is 28.8. The van der Waals surface area contributed by atoms with Crippen LogP contribution in [0.2, 0.25) is 0 Å². The van der Waals surface area contributed by atoms with Gasteiger partial charge in [-0.15, -0.1) is 12.4 Å². The molecule has 1 aliphatic carbocycles. The maximum atomic E-state index is 12.1. The van der Waals surface area contributed by atoms with Crippen molar-refractivity contribution in [3.05, 3.63) is 29.8 Å². The van der Waals surface area contributed by atoms with Crippen LogP contribution in [-0.2, 0) is 14.6 Å². The third-order valence-corrected chi connectivity index (χ3v) is 5.49. The molecule has 8 heteroatoms. The van der Waals surface area contributed by atoms with Crippen molar-refractivity contribution in [2.75, 3.05) is 26.0 Å². The Morgan fingerprint density at radius 2 is 1.96 bits per heavy atom. The van der Waals surface area contributed by atoms with Crippen molar-refractivity contribution in [2.45, 2.75) is 23.8 Å².